The molecule has 1 aromatic heterocycles. The summed E-state index contributed by atoms with van der Waals surface area (Å²) in [6.45, 7) is 4.45. The molecule has 2 amide bonds. The van der Waals surface area contributed by atoms with Crippen molar-refractivity contribution in [2.75, 3.05) is 43.7 Å². The maximum atomic E-state index is 14.5. The predicted molar refractivity (Wildman–Crippen MR) is 196 cm³/mol. The molecule has 262 valence electrons. The summed E-state index contributed by atoms with van der Waals surface area (Å²) in [7, 11) is 1.73. The van der Waals surface area contributed by atoms with E-state index in [4.69, 9.17) is 9.47 Å². The van der Waals surface area contributed by atoms with Crippen molar-refractivity contribution >= 4 is 29.4 Å². The zero-order valence-electron chi connectivity index (χ0n) is 29.4. The third-order valence-corrected chi connectivity index (χ3v) is 12.2. The van der Waals surface area contributed by atoms with E-state index in [-0.39, 0.29) is 24.0 Å². The van der Waals surface area contributed by atoms with Gasteiger partial charge in [-0.15, -0.1) is 0 Å². The number of aryl methyl sites for hydroxylation is 1. The van der Waals surface area contributed by atoms with Crippen LogP contribution in [0.3, 0.4) is 0 Å². The molecule has 2 heterocycles. The van der Waals surface area contributed by atoms with Crippen molar-refractivity contribution in [3.63, 3.8) is 0 Å². The van der Waals surface area contributed by atoms with E-state index >= 15 is 0 Å². The standard InChI is InChI=1S/C40H52N4O4S/c1-27-19-33(13-18-38(27)47-2)30-9-7-28(8-10-30)24-43(36-6-4-5-32(20-36)34-21-41-44(25-34)35-14-15-35)39(45)31-11-16-37(17-12-31)48-40(46)42-22-29(23-42)26-49-3/h4-6,13,18-21,25,28-31,35,37H,7-12,14-17,22-24,26H2,1-3H3. The fourth-order valence-electron chi connectivity index (χ4n) is 8.22. The number of rotatable bonds is 11. The van der Waals surface area contributed by atoms with E-state index in [0.29, 0.717) is 23.8 Å². The number of benzene rings is 2. The van der Waals surface area contributed by atoms with Gasteiger partial charge in [0.15, 0.2) is 0 Å². The van der Waals surface area contributed by atoms with E-state index in [2.05, 4.69) is 76.5 Å². The highest BCUT2D eigenvalue weighted by Crippen LogP contribution is 2.40. The molecule has 3 aromatic rings. The minimum Gasteiger partial charge on any atom is -0.496 e. The first-order valence-electron chi connectivity index (χ1n) is 18.4. The molecule has 0 N–H and O–H groups in total. The minimum absolute atomic E-state index is 0.0650. The van der Waals surface area contributed by atoms with Crippen LogP contribution in [0.2, 0.25) is 0 Å². The van der Waals surface area contributed by atoms with E-state index in [0.717, 1.165) is 99.3 Å². The van der Waals surface area contributed by atoms with Crippen molar-refractivity contribution in [3.8, 4) is 16.9 Å². The zero-order valence-corrected chi connectivity index (χ0v) is 30.2. The molecule has 3 aliphatic carbocycles. The molecule has 1 aliphatic heterocycles. The van der Waals surface area contributed by atoms with Crippen LogP contribution in [-0.4, -0.2) is 71.5 Å². The van der Waals surface area contributed by atoms with Crippen molar-refractivity contribution < 1.29 is 19.1 Å². The van der Waals surface area contributed by atoms with Crippen molar-refractivity contribution in [2.24, 2.45) is 17.8 Å². The number of hydrogen-bond acceptors (Lipinski definition) is 6. The second-order valence-corrected chi connectivity index (χ2v) is 15.9. The van der Waals surface area contributed by atoms with E-state index in [1.165, 1.54) is 24.0 Å². The normalized spacial score (nSPS) is 24.3. The molecular weight excluding hydrogens is 633 g/mol. The van der Waals surface area contributed by atoms with Crippen molar-refractivity contribution in [3.05, 3.63) is 66.0 Å². The number of hydrogen-bond donors (Lipinski definition) is 0. The van der Waals surface area contributed by atoms with Crippen LogP contribution in [0.4, 0.5) is 10.5 Å². The molecule has 49 heavy (non-hydrogen) atoms. The molecule has 8 nitrogen and oxygen atoms in total. The van der Waals surface area contributed by atoms with Crippen molar-refractivity contribution in [1.29, 1.82) is 0 Å². The van der Waals surface area contributed by atoms with Crippen LogP contribution in [0, 0.1) is 24.7 Å². The Balaban J connectivity index is 1.02. The fraction of sp³-hybridized carbons (Fsp3) is 0.575. The quantitative estimate of drug-likeness (QED) is 0.202. The van der Waals surface area contributed by atoms with Gasteiger partial charge in [-0.1, -0.05) is 24.3 Å². The molecule has 9 heteroatoms. The van der Waals surface area contributed by atoms with Crippen molar-refractivity contribution in [1.82, 2.24) is 14.7 Å². The number of thioether (sulfide) groups is 1. The van der Waals surface area contributed by atoms with E-state index in [1.54, 1.807) is 7.11 Å². The molecule has 0 bridgehead atoms. The molecule has 0 atom stereocenters. The Bertz CT molecular complexity index is 1600. The number of likely N-dealkylation sites (tertiary alicyclic amines) is 1. The summed E-state index contributed by atoms with van der Waals surface area (Å²) in [5.74, 6) is 3.75. The number of nitrogens with zero attached hydrogens (tertiary/aromatic N) is 4. The highest BCUT2D eigenvalue weighted by molar-refractivity contribution is 7.98. The lowest BCUT2D eigenvalue weighted by Gasteiger charge is -2.40. The summed E-state index contributed by atoms with van der Waals surface area (Å²) in [4.78, 5) is 31.1. The number of carbonyl (C=O) groups excluding carboxylic acids is 2. The third kappa shape index (κ3) is 7.97. The number of anilines is 1. The average molecular weight is 685 g/mol. The lowest BCUT2D eigenvalue weighted by atomic mass is 9.78. The molecule has 4 aliphatic rings. The van der Waals surface area contributed by atoms with Crippen LogP contribution >= 0.6 is 11.8 Å². The van der Waals surface area contributed by atoms with Crippen LogP contribution < -0.4 is 9.64 Å². The van der Waals surface area contributed by atoms with Gasteiger partial charge in [0.2, 0.25) is 5.91 Å². The van der Waals surface area contributed by atoms with Gasteiger partial charge in [-0.25, -0.2) is 4.79 Å². The summed E-state index contributed by atoms with van der Waals surface area (Å²) < 4.78 is 13.5. The molecule has 3 saturated carbocycles. The molecule has 0 radical (unpaired) electrons. The minimum atomic E-state index is -0.184. The van der Waals surface area contributed by atoms with Gasteiger partial charge in [-0.3, -0.25) is 9.48 Å². The lowest BCUT2D eigenvalue weighted by Crippen LogP contribution is -2.52. The number of carbonyl (C=O) groups is 2. The summed E-state index contributed by atoms with van der Waals surface area (Å²) >= 11 is 1.83. The van der Waals surface area contributed by atoms with Gasteiger partial charge in [0.25, 0.3) is 0 Å². The monoisotopic (exact) mass is 684 g/mol. The Hall–Kier alpha value is -3.46. The maximum absolute atomic E-state index is 14.5. The first kappa shape index (κ1) is 34.0. The van der Waals surface area contributed by atoms with E-state index in [9.17, 15) is 9.59 Å². The Kier molecular flexibility index (Phi) is 10.5. The molecule has 2 aromatic carbocycles. The molecule has 7 rings (SSSR count). The SMILES string of the molecule is COc1ccc(C2CCC(CN(C(=O)C3CCC(OC(=O)N4CC(CSC)C4)CC3)c3cccc(-c4cnn(C5CC5)c4)c3)CC2)cc1C. The van der Waals surface area contributed by atoms with Crippen LogP contribution in [0.15, 0.2) is 54.9 Å². The number of ether oxygens (including phenoxy) is 2. The second-order valence-electron chi connectivity index (χ2n) is 15.0. The van der Waals surface area contributed by atoms with Gasteiger partial charge in [0, 0.05) is 48.9 Å². The highest BCUT2D eigenvalue weighted by Gasteiger charge is 2.36. The first-order chi connectivity index (χ1) is 23.9. The molecular formula is C40H52N4O4S. The Morgan fingerprint density at radius 1 is 0.918 bits per heavy atom. The van der Waals surface area contributed by atoms with E-state index in [1.807, 2.05) is 22.9 Å². The smallest absolute Gasteiger partial charge is 0.410 e. The predicted octanol–water partition coefficient (Wildman–Crippen LogP) is 8.50. The maximum Gasteiger partial charge on any atom is 0.410 e. The summed E-state index contributed by atoms with van der Waals surface area (Å²) in [5.41, 5.74) is 5.75. The van der Waals surface area contributed by atoms with Gasteiger partial charge in [0.05, 0.1) is 19.3 Å². The number of aromatic nitrogens is 2. The summed E-state index contributed by atoms with van der Waals surface area (Å²) in [5, 5.41) is 4.63. The molecule has 1 saturated heterocycles. The van der Waals surface area contributed by atoms with Gasteiger partial charge in [-0.2, -0.15) is 16.9 Å². The van der Waals surface area contributed by atoms with Crippen molar-refractivity contribution in [2.45, 2.75) is 89.2 Å². The third-order valence-electron chi connectivity index (χ3n) is 11.4. The first-order valence-corrected chi connectivity index (χ1v) is 19.8. The van der Waals surface area contributed by atoms with Crippen LogP contribution in [0.25, 0.3) is 11.1 Å². The van der Waals surface area contributed by atoms with Crippen LogP contribution in [-0.2, 0) is 9.53 Å². The topological polar surface area (TPSA) is 76.9 Å². The molecule has 0 unspecified atom stereocenters. The average Bonchev–Trinajstić information content (AvgIpc) is 3.84. The fourth-order valence-corrected chi connectivity index (χ4v) is 8.90. The van der Waals surface area contributed by atoms with Gasteiger partial charge in [0.1, 0.15) is 11.9 Å². The Morgan fingerprint density at radius 3 is 2.39 bits per heavy atom. The molecule has 4 fully saturated rings. The van der Waals surface area contributed by atoms with Crippen LogP contribution in [0.5, 0.6) is 5.75 Å². The van der Waals surface area contributed by atoms with Gasteiger partial charge < -0.3 is 19.3 Å². The van der Waals surface area contributed by atoms with E-state index < -0.39 is 0 Å². The number of amides is 2. The summed E-state index contributed by atoms with van der Waals surface area (Å²) in [6, 6.07) is 15.6. The Labute approximate surface area is 295 Å². The van der Waals surface area contributed by atoms with Gasteiger partial charge in [-0.05, 0) is 130 Å². The Morgan fingerprint density at radius 2 is 1.69 bits per heavy atom. The van der Waals surface area contributed by atoms with Gasteiger partial charge >= 0.3 is 6.09 Å². The summed E-state index contributed by atoms with van der Waals surface area (Å²) in [6.07, 6.45) is 15.8. The number of methoxy groups -OCH3 is 1. The zero-order chi connectivity index (χ0) is 33.9. The highest BCUT2D eigenvalue weighted by atomic mass is 32.2. The van der Waals surface area contributed by atoms with Crippen LogP contribution in [0.1, 0.15) is 87.3 Å². The largest absolute Gasteiger partial charge is 0.496 e. The lowest BCUT2D eigenvalue weighted by molar-refractivity contribution is -0.124. The second kappa shape index (κ2) is 15.2. The molecule has 0 spiro atoms.